The fourth-order valence-corrected chi connectivity index (χ4v) is 5.88. The SMILES string of the molecule is COc1cc(Br)c(S(=O)(=O)N2CCCC2c2ccccc2)cc1OC. The van der Waals surface area contributed by atoms with Crippen molar-refractivity contribution in [1.82, 2.24) is 4.31 Å². The van der Waals surface area contributed by atoms with Crippen LogP contribution in [0, 0.1) is 0 Å². The lowest BCUT2D eigenvalue weighted by Gasteiger charge is -2.25. The van der Waals surface area contributed by atoms with E-state index in [1.165, 1.54) is 20.3 Å². The molecular weight excluding hydrogens is 406 g/mol. The fraction of sp³-hybridized carbons (Fsp3) is 0.333. The summed E-state index contributed by atoms with van der Waals surface area (Å²) in [4.78, 5) is 0.188. The van der Waals surface area contributed by atoms with Gasteiger partial charge < -0.3 is 9.47 Å². The zero-order valence-electron chi connectivity index (χ0n) is 14.1. The summed E-state index contributed by atoms with van der Waals surface area (Å²) < 4.78 is 39.2. The molecule has 0 N–H and O–H groups in total. The molecule has 3 rings (SSSR count). The van der Waals surface area contributed by atoms with E-state index in [1.54, 1.807) is 10.4 Å². The molecule has 1 atom stereocenters. The number of methoxy groups -OCH3 is 2. The predicted octanol–water partition coefficient (Wildman–Crippen LogP) is 3.99. The minimum absolute atomic E-state index is 0.147. The quantitative estimate of drug-likeness (QED) is 0.726. The summed E-state index contributed by atoms with van der Waals surface area (Å²) in [5, 5.41) is 0. The van der Waals surface area contributed by atoms with Crippen LogP contribution in [-0.2, 0) is 10.0 Å². The Labute approximate surface area is 156 Å². The van der Waals surface area contributed by atoms with Crippen LogP contribution in [-0.4, -0.2) is 33.5 Å². The molecule has 1 saturated heterocycles. The van der Waals surface area contributed by atoms with E-state index in [4.69, 9.17) is 9.47 Å². The fourth-order valence-electron chi connectivity index (χ4n) is 3.20. The molecule has 1 aliphatic heterocycles. The maximum Gasteiger partial charge on any atom is 0.244 e. The molecule has 1 unspecified atom stereocenters. The summed E-state index contributed by atoms with van der Waals surface area (Å²) in [5.74, 6) is 0.870. The molecule has 1 fully saturated rings. The Morgan fingerprint density at radius 3 is 2.36 bits per heavy atom. The smallest absolute Gasteiger partial charge is 0.244 e. The Hall–Kier alpha value is -1.57. The number of hydrogen-bond acceptors (Lipinski definition) is 4. The standard InChI is InChI=1S/C18H20BrNO4S/c1-23-16-11-14(19)18(12-17(16)24-2)25(21,22)20-10-6-9-15(20)13-7-4-3-5-8-13/h3-5,7-8,11-12,15H,6,9-10H2,1-2H3. The van der Waals surface area contributed by atoms with Crippen LogP contribution in [0.2, 0.25) is 0 Å². The number of benzene rings is 2. The van der Waals surface area contributed by atoms with Crippen LogP contribution in [0.1, 0.15) is 24.4 Å². The number of rotatable bonds is 5. The average Bonchev–Trinajstić information content (AvgIpc) is 3.12. The summed E-state index contributed by atoms with van der Waals surface area (Å²) >= 11 is 3.37. The topological polar surface area (TPSA) is 55.8 Å². The second kappa shape index (κ2) is 7.35. The molecule has 5 nitrogen and oxygen atoms in total. The van der Waals surface area contributed by atoms with Gasteiger partial charge in [0.1, 0.15) is 4.90 Å². The summed E-state index contributed by atoms with van der Waals surface area (Å²) in [5.41, 5.74) is 1.01. The van der Waals surface area contributed by atoms with Crippen LogP contribution in [0.25, 0.3) is 0 Å². The zero-order chi connectivity index (χ0) is 18.0. The monoisotopic (exact) mass is 425 g/mol. The maximum absolute atomic E-state index is 13.3. The molecule has 7 heteroatoms. The summed E-state index contributed by atoms with van der Waals surface area (Å²) in [7, 11) is -0.664. The van der Waals surface area contributed by atoms with Crippen molar-refractivity contribution < 1.29 is 17.9 Å². The highest BCUT2D eigenvalue weighted by atomic mass is 79.9. The average molecular weight is 426 g/mol. The van der Waals surface area contributed by atoms with E-state index in [0.717, 1.165) is 18.4 Å². The normalized spacial score (nSPS) is 18.3. The molecular formula is C18H20BrNO4S. The van der Waals surface area contributed by atoms with Crippen LogP contribution in [0.3, 0.4) is 0 Å². The Kier molecular flexibility index (Phi) is 5.36. The second-order valence-corrected chi connectivity index (χ2v) is 8.54. The Balaban J connectivity index is 2.04. The van der Waals surface area contributed by atoms with E-state index in [-0.39, 0.29) is 10.9 Å². The van der Waals surface area contributed by atoms with Crippen LogP contribution >= 0.6 is 15.9 Å². The Morgan fingerprint density at radius 1 is 1.08 bits per heavy atom. The summed E-state index contributed by atoms with van der Waals surface area (Å²) in [6, 6.07) is 12.7. The van der Waals surface area contributed by atoms with Crippen LogP contribution in [0.4, 0.5) is 0 Å². The largest absolute Gasteiger partial charge is 0.493 e. The minimum atomic E-state index is -3.67. The van der Waals surface area contributed by atoms with Gasteiger partial charge >= 0.3 is 0 Å². The lowest BCUT2D eigenvalue weighted by molar-refractivity contribution is 0.352. The van der Waals surface area contributed by atoms with E-state index < -0.39 is 10.0 Å². The highest BCUT2D eigenvalue weighted by Gasteiger charge is 2.37. The molecule has 134 valence electrons. The van der Waals surface area contributed by atoms with Crippen molar-refractivity contribution in [2.45, 2.75) is 23.8 Å². The third-order valence-electron chi connectivity index (χ3n) is 4.41. The van der Waals surface area contributed by atoms with Crippen molar-refractivity contribution in [2.75, 3.05) is 20.8 Å². The first kappa shape index (κ1) is 18.2. The molecule has 0 saturated carbocycles. The van der Waals surface area contributed by atoms with Crippen molar-refractivity contribution >= 4 is 26.0 Å². The van der Waals surface area contributed by atoms with E-state index >= 15 is 0 Å². The van der Waals surface area contributed by atoms with Gasteiger partial charge in [0.05, 0.1) is 20.3 Å². The molecule has 0 aromatic heterocycles. The lowest BCUT2D eigenvalue weighted by Crippen LogP contribution is -2.31. The van der Waals surface area contributed by atoms with E-state index in [9.17, 15) is 8.42 Å². The van der Waals surface area contributed by atoms with Crippen LogP contribution in [0.5, 0.6) is 11.5 Å². The Morgan fingerprint density at radius 2 is 1.72 bits per heavy atom. The van der Waals surface area contributed by atoms with Crippen molar-refractivity contribution in [3.8, 4) is 11.5 Å². The second-order valence-electron chi connectivity index (χ2n) is 5.82. The number of hydrogen-bond donors (Lipinski definition) is 0. The zero-order valence-corrected chi connectivity index (χ0v) is 16.5. The molecule has 2 aromatic rings. The first-order chi connectivity index (χ1) is 12.0. The number of halogens is 1. The molecule has 25 heavy (non-hydrogen) atoms. The van der Waals surface area contributed by atoms with Gasteiger partial charge in [0.25, 0.3) is 0 Å². The van der Waals surface area contributed by atoms with Gasteiger partial charge in [-0.2, -0.15) is 4.31 Å². The number of nitrogens with zero attached hydrogens (tertiary/aromatic N) is 1. The van der Waals surface area contributed by atoms with Gasteiger partial charge in [-0.15, -0.1) is 0 Å². The third-order valence-corrected chi connectivity index (χ3v) is 7.28. The number of sulfonamides is 1. The van der Waals surface area contributed by atoms with Crippen molar-refractivity contribution in [1.29, 1.82) is 0 Å². The van der Waals surface area contributed by atoms with Crippen LogP contribution < -0.4 is 9.47 Å². The van der Waals surface area contributed by atoms with Crippen molar-refractivity contribution in [3.05, 3.63) is 52.5 Å². The Bertz CT molecular complexity index is 855. The van der Waals surface area contributed by atoms with Crippen molar-refractivity contribution in [3.63, 3.8) is 0 Å². The summed E-state index contributed by atoms with van der Waals surface area (Å²) in [6.45, 7) is 0.503. The minimum Gasteiger partial charge on any atom is -0.493 e. The first-order valence-corrected chi connectivity index (χ1v) is 10.2. The highest BCUT2D eigenvalue weighted by molar-refractivity contribution is 9.10. The van der Waals surface area contributed by atoms with Gasteiger partial charge in [-0.3, -0.25) is 0 Å². The number of ether oxygens (including phenoxy) is 2. The maximum atomic E-state index is 13.3. The first-order valence-electron chi connectivity index (χ1n) is 7.97. The highest BCUT2D eigenvalue weighted by Crippen LogP contribution is 2.41. The van der Waals surface area contributed by atoms with E-state index in [0.29, 0.717) is 22.5 Å². The van der Waals surface area contributed by atoms with Gasteiger partial charge in [-0.1, -0.05) is 30.3 Å². The van der Waals surface area contributed by atoms with E-state index in [1.807, 2.05) is 30.3 Å². The molecule has 1 aliphatic rings. The third kappa shape index (κ3) is 3.41. The molecule has 0 spiro atoms. The lowest BCUT2D eigenvalue weighted by atomic mass is 10.1. The molecule has 0 radical (unpaired) electrons. The van der Waals surface area contributed by atoms with Gasteiger partial charge in [-0.05, 0) is 40.4 Å². The summed E-state index contributed by atoms with van der Waals surface area (Å²) in [6.07, 6.45) is 1.65. The molecule has 0 aliphatic carbocycles. The van der Waals surface area contributed by atoms with Gasteiger partial charge in [-0.25, -0.2) is 8.42 Å². The predicted molar refractivity (Wildman–Crippen MR) is 99.6 cm³/mol. The van der Waals surface area contributed by atoms with Gasteiger partial charge in [0.15, 0.2) is 11.5 Å². The van der Waals surface area contributed by atoms with Gasteiger partial charge in [0, 0.05) is 17.1 Å². The van der Waals surface area contributed by atoms with E-state index in [2.05, 4.69) is 15.9 Å². The molecule has 0 bridgehead atoms. The molecule has 2 aromatic carbocycles. The molecule has 0 amide bonds. The van der Waals surface area contributed by atoms with Gasteiger partial charge in [0.2, 0.25) is 10.0 Å². The van der Waals surface area contributed by atoms with Crippen LogP contribution in [0.15, 0.2) is 51.8 Å². The molecule has 1 heterocycles. The van der Waals surface area contributed by atoms with Crippen molar-refractivity contribution in [2.24, 2.45) is 0 Å².